The van der Waals surface area contributed by atoms with E-state index in [1.165, 1.54) is 11.3 Å². The Hall–Kier alpha value is -3.25. The molecule has 1 aromatic heterocycles. The van der Waals surface area contributed by atoms with Gasteiger partial charge in [-0.3, -0.25) is 14.4 Å². The molecule has 0 aliphatic heterocycles. The van der Waals surface area contributed by atoms with Crippen LogP contribution in [0.2, 0.25) is 0 Å². The Bertz CT molecular complexity index is 1030. The van der Waals surface area contributed by atoms with Gasteiger partial charge in [0.25, 0.3) is 0 Å². The van der Waals surface area contributed by atoms with Gasteiger partial charge in [0.2, 0.25) is 5.78 Å². The lowest BCUT2D eigenvalue weighted by molar-refractivity contribution is -0.136. The highest BCUT2D eigenvalue weighted by Crippen LogP contribution is 2.20. The molecule has 2 N–H and O–H groups in total. The maximum Gasteiger partial charge on any atom is 0.313 e. The molecule has 0 bridgehead atoms. The van der Waals surface area contributed by atoms with Crippen molar-refractivity contribution in [3.8, 4) is 0 Å². The number of nitrogens with one attached hydrogen (secondary N) is 2. The van der Waals surface area contributed by atoms with E-state index in [0.29, 0.717) is 16.1 Å². The van der Waals surface area contributed by atoms with Gasteiger partial charge in [0.05, 0.1) is 11.4 Å². The second-order valence-corrected chi connectivity index (χ2v) is 7.51. The maximum absolute atomic E-state index is 12.4. The molecule has 2 amide bonds. The number of carbonyl (C=O) groups is 3. The van der Waals surface area contributed by atoms with E-state index in [0.717, 1.165) is 16.0 Å². The molecule has 0 fully saturated rings. The number of amides is 2. The van der Waals surface area contributed by atoms with E-state index >= 15 is 0 Å². The number of thiophene rings is 1. The summed E-state index contributed by atoms with van der Waals surface area (Å²) in [5, 5.41) is 5.22. The van der Waals surface area contributed by atoms with Gasteiger partial charge in [0.1, 0.15) is 0 Å². The van der Waals surface area contributed by atoms with Crippen LogP contribution in [0.15, 0.2) is 60.7 Å². The minimum absolute atomic E-state index is 0.0594. The van der Waals surface area contributed by atoms with Crippen molar-refractivity contribution >= 4 is 34.6 Å². The smallest absolute Gasteiger partial charge is 0.313 e. The summed E-state index contributed by atoms with van der Waals surface area (Å²) in [6, 6.07) is 18.1. The number of anilines is 1. The lowest BCUT2D eigenvalue weighted by Gasteiger charge is -2.10. The van der Waals surface area contributed by atoms with E-state index in [9.17, 15) is 14.4 Å². The topological polar surface area (TPSA) is 75.3 Å². The van der Waals surface area contributed by atoms with Crippen LogP contribution >= 0.6 is 11.3 Å². The maximum atomic E-state index is 12.4. The molecule has 3 aromatic rings. The SMILES string of the molecule is Cc1cccc(NC(=O)C(=O)NCc2ccc(C(=O)c3ccccc3)s2)c1C. The third-order valence-corrected chi connectivity index (χ3v) is 5.49. The van der Waals surface area contributed by atoms with E-state index in [1.54, 1.807) is 30.3 Å². The quantitative estimate of drug-likeness (QED) is 0.512. The summed E-state index contributed by atoms with van der Waals surface area (Å²) in [5.41, 5.74) is 3.19. The predicted molar refractivity (Wildman–Crippen MR) is 111 cm³/mol. The number of hydrogen-bond donors (Lipinski definition) is 2. The zero-order chi connectivity index (χ0) is 20.1. The van der Waals surface area contributed by atoms with Crippen molar-refractivity contribution in [1.82, 2.24) is 5.32 Å². The Balaban J connectivity index is 1.57. The minimum Gasteiger partial charge on any atom is -0.343 e. The molecule has 142 valence electrons. The van der Waals surface area contributed by atoms with Crippen LogP contribution in [0, 0.1) is 13.8 Å². The molecule has 28 heavy (non-hydrogen) atoms. The molecule has 0 saturated heterocycles. The molecule has 0 unspecified atom stereocenters. The number of benzene rings is 2. The largest absolute Gasteiger partial charge is 0.343 e. The summed E-state index contributed by atoms with van der Waals surface area (Å²) >= 11 is 1.30. The van der Waals surface area contributed by atoms with E-state index in [1.807, 2.05) is 44.2 Å². The summed E-state index contributed by atoms with van der Waals surface area (Å²) in [4.78, 5) is 38.0. The van der Waals surface area contributed by atoms with Crippen molar-refractivity contribution in [3.05, 3.63) is 87.1 Å². The van der Waals surface area contributed by atoms with Gasteiger partial charge in [-0.05, 0) is 43.2 Å². The number of ketones is 1. The van der Waals surface area contributed by atoms with Gasteiger partial charge in [-0.2, -0.15) is 0 Å². The zero-order valence-corrected chi connectivity index (χ0v) is 16.4. The van der Waals surface area contributed by atoms with Crippen molar-refractivity contribution in [2.75, 3.05) is 5.32 Å². The first-order valence-electron chi connectivity index (χ1n) is 8.79. The van der Waals surface area contributed by atoms with Gasteiger partial charge >= 0.3 is 11.8 Å². The monoisotopic (exact) mass is 392 g/mol. The van der Waals surface area contributed by atoms with E-state index in [-0.39, 0.29) is 12.3 Å². The molecule has 0 aliphatic rings. The summed E-state index contributed by atoms with van der Waals surface area (Å²) < 4.78 is 0. The highest BCUT2D eigenvalue weighted by Gasteiger charge is 2.16. The average Bonchev–Trinajstić information content (AvgIpc) is 3.18. The molecule has 2 aromatic carbocycles. The van der Waals surface area contributed by atoms with Gasteiger partial charge < -0.3 is 10.6 Å². The van der Waals surface area contributed by atoms with Crippen LogP contribution in [0.3, 0.4) is 0 Å². The van der Waals surface area contributed by atoms with Crippen molar-refractivity contribution in [1.29, 1.82) is 0 Å². The summed E-state index contributed by atoms with van der Waals surface area (Å²) in [5.74, 6) is -1.49. The van der Waals surface area contributed by atoms with Crippen LogP contribution in [-0.2, 0) is 16.1 Å². The van der Waals surface area contributed by atoms with E-state index in [4.69, 9.17) is 0 Å². The summed E-state index contributed by atoms with van der Waals surface area (Å²) in [6.45, 7) is 4.02. The molecule has 0 atom stereocenters. The Morgan fingerprint density at radius 2 is 1.61 bits per heavy atom. The van der Waals surface area contributed by atoms with Gasteiger partial charge in [0.15, 0.2) is 0 Å². The molecular formula is C22H20N2O3S. The number of rotatable bonds is 5. The van der Waals surface area contributed by atoms with Crippen molar-refractivity contribution in [3.63, 3.8) is 0 Å². The van der Waals surface area contributed by atoms with Crippen LogP contribution in [0.4, 0.5) is 5.69 Å². The molecule has 5 nitrogen and oxygen atoms in total. The lowest BCUT2D eigenvalue weighted by atomic mass is 10.1. The normalized spacial score (nSPS) is 10.4. The van der Waals surface area contributed by atoms with Gasteiger partial charge in [-0.1, -0.05) is 42.5 Å². The van der Waals surface area contributed by atoms with Crippen molar-refractivity contribution in [2.45, 2.75) is 20.4 Å². The fraction of sp³-hybridized carbons (Fsp3) is 0.136. The molecule has 0 radical (unpaired) electrons. The van der Waals surface area contributed by atoms with Crippen molar-refractivity contribution < 1.29 is 14.4 Å². The first kappa shape index (κ1) is 19.5. The van der Waals surface area contributed by atoms with Gasteiger partial charge in [-0.15, -0.1) is 11.3 Å². The molecule has 1 heterocycles. The standard InChI is InChI=1S/C22H20N2O3S/c1-14-7-6-10-18(15(14)2)24-22(27)21(26)23-13-17-11-12-19(28-17)20(25)16-8-4-3-5-9-16/h3-12H,13H2,1-2H3,(H,23,26)(H,24,27). The van der Waals surface area contributed by atoms with Crippen LogP contribution in [-0.4, -0.2) is 17.6 Å². The summed E-state index contributed by atoms with van der Waals surface area (Å²) in [7, 11) is 0. The van der Waals surface area contributed by atoms with Crippen LogP contribution in [0.25, 0.3) is 0 Å². The first-order valence-corrected chi connectivity index (χ1v) is 9.61. The first-order chi connectivity index (χ1) is 13.5. The third-order valence-electron chi connectivity index (χ3n) is 4.40. The fourth-order valence-corrected chi connectivity index (χ4v) is 3.55. The Labute approximate surface area is 167 Å². The Morgan fingerprint density at radius 1 is 0.857 bits per heavy atom. The molecule has 0 saturated carbocycles. The molecule has 6 heteroatoms. The van der Waals surface area contributed by atoms with Gasteiger partial charge in [-0.25, -0.2) is 0 Å². The fourth-order valence-electron chi connectivity index (χ4n) is 2.64. The van der Waals surface area contributed by atoms with Crippen LogP contribution in [0.5, 0.6) is 0 Å². The molecule has 3 rings (SSSR count). The second kappa shape index (κ2) is 8.63. The zero-order valence-electron chi connectivity index (χ0n) is 15.6. The van der Waals surface area contributed by atoms with E-state index in [2.05, 4.69) is 10.6 Å². The van der Waals surface area contributed by atoms with Crippen LogP contribution < -0.4 is 10.6 Å². The minimum atomic E-state index is -0.717. The number of aryl methyl sites for hydroxylation is 1. The average molecular weight is 392 g/mol. The van der Waals surface area contributed by atoms with E-state index < -0.39 is 11.8 Å². The number of carbonyl (C=O) groups excluding carboxylic acids is 3. The number of hydrogen-bond acceptors (Lipinski definition) is 4. The highest BCUT2D eigenvalue weighted by atomic mass is 32.1. The Kier molecular flexibility index (Phi) is 6.01. The predicted octanol–water partition coefficient (Wildman–Crippen LogP) is 3.85. The third kappa shape index (κ3) is 4.53. The lowest BCUT2D eigenvalue weighted by Crippen LogP contribution is -2.35. The molecule has 0 aliphatic carbocycles. The Morgan fingerprint density at radius 3 is 2.36 bits per heavy atom. The highest BCUT2D eigenvalue weighted by molar-refractivity contribution is 7.14. The second-order valence-electron chi connectivity index (χ2n) is 6.35. The molecule has 0 spiro atoms. The van der Waals surface area contributed by atoms with Crippen LogP contribution in [0.1, 0.15) is 31.2 Å². The van der Waals surface area contributed by atoms with Crippen molar-refractivity contribution in [2.24, 2.45) is 0 Å². The van der Waals surface area contributed by atoms with Gasteiger partial charge in [0, 0.05) is 16.1 Å². The summed E-state index contributed by atoms with van der Waals surface area (Å²) in [6.07, 6.45) is 0. The molecular weight excluding hydrogens is 372 g/mol.